The van der Waals surface area contributed by atoms with Gasteiger partial charge in [-0.2, -0.15) is 5.10 Å². The first-order valence-corrected chi connectivity index (χ1v) is 11.6. The summed E-state index contributed by atoms with van der Waals surface area (Å²) in [5.74, 6) is -0.577. The fraction of sp³-hybridized carbons (Fsp3) is 0.222. The van der Waals surface area contributed by atoms with Gasteiger partial charge in [0.1, 0.15) is 11.5 Å². The van der Waals surface area contributed by atoms with E-state index in [9.17, 15) is 14.7 Å². The number of halogens is 1. The van der Waals surface area contributed by atoms with Crippen molar-refractivity contribution < 1.29 is 28.9 Å². The molecule has 3 aromatic carbocycles. The zero-order chi connectivity index (χ0) is 26.7. The quantitative estimate of drug-likeness (QED) is 0.313. The van der Waals surface area contributed by atoms with E-state index in [1.807, 2.05) is 0 Å². The Morgan fingerprint density at radius 2 is 1.62 bits per heavy atom. The Morgan fingerprint density at radius 3 is 2.19 bits per heavy atom. The third-order valence-electron chi connectivity index (χ3n) is 6.27. The zero-order valence-corrected chi connectivity index (χ0v) is 21.4. The number of carbonyl (C=O) groups excluding carboxylic acids is 2. The second-order valence-electron chi connectivity index (χ2n) is 8.40. The van der Waals surface area contributed by atoms with Gasteiger partial charge in [-0.25, -0.2) is 10.2 Å². The molecular weight excluding hydrogens is 498 g/mol. The van der Waals surface area contributed by atoms with Crippen LogP contribution in [-0.2, 0) is 15.1 Å². The Labute approximate surface area is 219 Å². The van der Waals surface area contributed by atoms with Crippen LogP contribution in [0, 0.1) is 6.92 Å². The van der Waals surface area contributed by atoms with E-state index in [-0.39, 0.29) is 5.71 Å². The van der Waals surface area contributed by atoms with Crippen molar-refractivity contribution in [2.75, 3.05) is 26.6 Å². The highest BCUT2D eigenvalue weighted by Crippen LogP contribution is 2.49. The summed E-state index contributed by atoms with van der Waals surface area (Å²) in [6, 6.07) is 17.0. The molecule has 0 saturated carbocycles. The molecule has 0 aromatic heterocycles. The van der Waals surface area contributed by atoms with Crippen molar-refractivity contribution >= 4 is 35.0 Å². The molecule has 0 bridgehead atoms. The maximum Gasteiger partial charge on any atom is 0.427 e. The van der Waals surface area contributed by atoms with Crippen molar-refractivity contribution in [3.63, 3.8) is 0 Å². The minimum absolute atomic E-state index is 0.196. The van der Waals surface area contributed by atoms with E-state index < -0.39 is 23.5 Å². The highest BCUT2D eigenvalue weighted by Gasteiger charge is 2.54. The van der Waals surface area contributed by atoms with Crippen LogP contribution in [0.3, 0.4) is 0 Å². The SMILES string of the molecule is COC(=O)NN=C(c1ccc(OC)cc1)C(c1ccc(OC)cc1)C1(O)C(=O)Nc2c(C)cc(Cl)cc21. The number of hydrogen-bond acceptors (Lipinski definition) is 7. The molecule has 3 aromatic rings. The minimum atomic E-state index is -2.14. The summed E-state index contributed by atoms with van der Waals surface area (Å²) in [6.45, 7) is 1.79. The van der Waals surface area contributed by atoms with Gasteiger partial charge in [0.2, 0.25) is 0 Å². The third-order valence-corrected chi connectivity index (χ3v) is 6.49. The predicted octanol–water partition coefficient (Wildman–Crippen LogP) is 4.35. The maximum absolute atomic E-state index is 13.6. The average molecular weight is 524 g/mol. The number of benzene rings is 3. The minimum Gasteiger partial charge on any atom is -0.497 e. The van der Waals surface area contributed by atoms with E-state index in [0.717, 1.165) is 0 Å². The molecule has 192 valence electrons. The lowest BCUT2D eigenvalue weighted by atomic mass is 9.73. The second kappa shape index (κ2) is 10.5. The van der Waals surface area contributed by atoms with Crippen molar-refractivity contribution in [2.24, 2.45) is 5.10 Å². The van der Waals surface area contributed by atoms with Crippen LogP contribution in [0.4, 0.5) is 10.5 Å². The summed E-state index contributed by atoms with van der Waals surface area (Å²) >= 11 is 6.36. The monoisotopic (exact) mass is 523 g/mol. The molecule has 2 unspecified atom stereocenters. The molecule has 10 heteroatoms. The Kier molecular flexibility index (Phi) is 7.37. The van der Waals surface area contributed by atoms with Gasteiger partial charge in [0, 0.05) is 10.6 Å². The van der Waals surface area contributed by atoms with Crippen molar-refractivity contribution in [1.82, 2.24) is 5.43 Å². The van der Waals surface area contributed by atoms with E-state index >= 15 is 0 Å². The van der Waals surface area contributed by atoms with E-state index in [0.29, 0.717) is 44.5 Å². The highest BCUT2D eigenvalue weighted by atomic mass is 35.5. The molecule has 9 nitrogen and oxygen atoms in total. The van der Waals surface area contributed by atoms with Crippen molar-refractivity contribution in [3.8, 4) is 11.5 Å². The van der Waals surface area contributed by atoms with Gasteiger partial charge in [-0.3, -0.25) is 4.79 Å². The van der Waals surface area contributed by atoms with Crippen LogP contribution >= 0.6 is 11.6 Å². The molecular formula is C27H26ClN3O6. The normalized spacial score (nSPS) is 17.5. The Balaban J connectivity index is 2.00. The van der Waals surface area contributed by atoms with Crippen LogP contribution in [-0.4, -0.2) is 44.1 Å². The number of methoxy groups -OCH3 is 3. The molecule has 4 rings (SSSR count). The Bertz CT molecular complexity index is 1360. The van der Waals surface area contributed by atoms with Crippen molar-refractivity contribution in [2.45, 2.75) is 18.4 Å². The first kappa shape index (κ1) is 26.0. The molecule has 0 spiro atoms. The first-order valence-electron chi connectivity index (χ1n) is 11.3. The van der Waals surface area contributed by atoms with Gasteiger partial charge < -0.3 is 24.6 Å². The number of carbonyl (C=O) groups is 2. The van der Waals surface area contributed by atoms with Crippen molar-refractivity contribution in [1.29, 1.82) is 0 Å². The first-order chi connectivity index (χ1) is 17.7. The van der Waals surface area contributed by atoms with Crippen LogP contribution in [0.15, 0.2) is 65.8 Å². The molecule has 2 atom stereocenters. The molecule has 1 aliphatic rings. The summed E-state index contributed by atoms with van der Waals surface area (Å²) in [4.78, 5) is 25.6. The number of hydrogen-bond donors (Lipinski definition) is 3. The van der Waals surface area contributed by atoms with Gasteiger partial charge in [0.25, 0.3) is 5.91 Å². The average Bonchev–Trinajstić information content (AvgIpc) is 3.17. The van der Waals surface area contributed by atoms with Gasteiger partial charge in [0.05, 0.1) is 38.6 Å². The lowest BCUT2D eigenvalue weighted by molar-refractivity contribution is -0.134. The standard InChI is InChI=1S/C27H26ClN3O6/c1-15-13-18(28)14-21-23(15)29-25(32)27(21,34)22(16-5-9-19(35-2)10-6-16)24(30-31-26(33)37-4)17-7-11-20(36-3)12-8-17/h5-14,22,34H,1-4H3,(H,29,32)(H,31,33). The van der Waals surface area contributed by atoms with E-state index in [4.69, 9.17) is 25.8 Å². The van der Waals surface area contributed by atoms with Gasteiger partial charge >= 0.3 is 6.09 Å². The van der Waals surface area contributed by atoms with E-state index in [1.54, 1.807) is 67.6 Å². The lowest BCUT2D eigenvalue weighted by Crippen LogP contribution is -2.44. The number of amides is 2. The summed E-state index contributed by atoms with van der Waals surface area (Å²) in [5, 5.41) is 19.8. The predicted molar refractivity (Wildman–Crippen MR) is 140 cm³/mol. The maximum atomic E-state index is 13.6. The number of aliphatic hydroxyl groups is 1. The van der Waals surface area contributed by atoms with Crippen LogP contribution < -0.4 is 20.2 Å². The van der Waals surface area contributed by atoms with Gasteiger partial charge in [-0.05, 0) is 72.1 Å². The van der Waals surface area contributed by atoms with E-state index in [1.165, 1.54) is 21.3 Å². The van der Waals surface area contributed by atoms with Crippen LogP contribution in [0.25, 0.3) is 0 Å². The molecule has 0 saturated heterocycles. The molecule has 1 heterocycles. The van der Waals surface area contributed by atoms with E-state index in [2.05, 4.69) is 15.8 Å². The number of nitrogens with one attached hydrogen (secondary N) is 2. The molecule has 0 fully saturated rings. The fourth-order valence-electron chi connectivity index (χ4n) is 4.43. The van der Waals surface area contributed by atoms with Gasteiger partial charge in [-0.1, -0.05) is 23.7 Å². The largest absolute Gasteiger partial charge is 0.497 e. The number of rotatable bonds is 7. The molecule has 2 amide bonds. The molecule has 37 heavy (non-hydrogen) atoms. The van der Waals surface area contributed by atoms with Crippen molar-refractivity contribution in [3.05, 3.63) is 87.9 Å². The topological polar surface area (TPSA) is 118 Å². The number of nitrogens with zero attached hydrogens (tertiary/aromatic N) is 1. The summed E-state index contributed by atoms with van der Waals surface area (Å²) in [7, 11) is 4.28. The Morgan fingerprint density at radius 1 is 1.03 bits per heavy atom. The smallest absolute Gasteiger partial charge is 0.427 e. The number of ether oxygens (including phenoxy) is 3. The number of anilines is 1. The molecule has 3 N–H and O–H groups in total. The van der Waals surface area contributed by atoms with Gasteiger partial charge in [-0.15, -0.1) is 0 Å². The molecule has 0 radical (unpaired) electrons. The fourth-order valence-corrected chi connectivity index (χ4v) is 4.70. The second-order valence-corrected chi connectivity index (χ2v) is 8.84. The summed E-state index contributed by atoms with van der Waals surface area (Å²) < 4.78 is 15.3. The molecule has 0 aliphatic carbocycles. The third kappa shape index (κ3) is 4.83. The number of aryl methyl sites for hydroxylation is 1. The molecule has 1 aliphatic heterocycles. The summed E-state index contributed by atoms with van der Waals surface area (Å²) in [5.41, 5.74) is 2.89. The van der Waals surface area contributed by atoms with Crippen LogP contribution in [0.2, 0.25) is 5.02 Å². The van der Waals surface area contributed by atoms with Crippen LogP contribution in [0.5, 0.6) is 11.5 Å². The lowest BCUT2D eigenvalue weighted by Gasteiger charge is -2.33. The zero-order valence-electron chi connectivity index (χ0n) is 20.7. The number of hydrazone groups is 1. The summed E-state index contributed by atoms with van der Waals surface area (Å²) in [6.07, 6.45) is -0.818. The Hall–Kier alpha value is -4.08. The number of fused-ring (bicyclic) bond motifs is 1. The van der Waals surface area contributed by atoms with Gasteiger partial charge in [0.15, 0.2) is 5.60 Å². The van der Waals surface area contributed by atoms with Crippen LogP contribution in [0.1, 0.15) is 28.2 Å². The highest BCUT2D eigenvalue weighted by molar-refractivity contribution is 6.31.